The van der Waals surface area contributed by atoms with Crippen molar-refractivity contribution in [1.82, 2.24) is 15.2 Å². The van der Waals surface area contributed by atoms with E-state index in [4.69, 9.17) is 9.47 Å². The minimum Gasteiger partial charge on any atom is -0.466 e. The van der Waals surface area contributed by atoms with Crippen LogP contribution in [0, 0.1) is 11.6 Å². The van der Waals surface area contributed by atoms with Gasteiger partial charge in [-0.25, -0.2) is 13.8 Å². The number of morpholine rings is 1. The van der Waals surface area contributed by atoms with Gasteiger partial charge in [0.25, 0.3) is 0 Å². The van der Waals surface area contributed by atoms with Crippen LogP contribution >= 0.6 is 23.1 Å². The van der Waals surface area contributed by atoms with Gasteiger partial charge in [0.1, 0.15) is 0 Å². The Morgan fingerprint density at radius 3 is 3.00 bits per heavy atom. The maximum atomic E-state index is 13.4. The van der Waals surface area contributed by atoms with Gasteiger partial charge in [0.05, 0.1) is 37.2 Å². The van der Waals surface area contributed by atoms with Crippen molar-refractivity contribution in [3.8, 4) is 0 Å². The summed E-state index contributed by atoms with van der Waals surface area (Å²) in [6, 6.07) is 3.90. The van der Waals surface area contributed by atoms with Gasteiger partial charge in [-0.1, -0.05) is 17.8 Å². The highest BCUT2D eigenvalue weighted by Gasteiger charge is 2.21. The average molecular weight is 486 g/mol. The molecule has 0 saturated carbocycles. The minimum atomic E-state index is -0.859. The Bertz CT molecular complexity index is 928. The summed E-state index contributed by atoms with van der Waals surface area (Å²) in [5, 5.41) is 4.65. The molecule has 3 rings (SSSR count). The smallest absolute Gasteiger partial charge is 0.311 e. The molecule has 0 bridgehead atoms. The molecule has 1 atom stereocenters. The van der Waals surface area contributed by atoms with Crippen LogP contribution < -0.4 is 5.32 Å². The first-order valence-electron chi connectivity index (χ1n) is 10.2. The fourth-order valence-electron chi connectivity index (χ4n) is 3.15. The Labute approximate surface area is 193 Å². The number of rotatable bonds is 10. The fraction of sp³-hybridized carbons (Fsp3) is 0.476. The van der Waals surface area contributed by atoms with E-state index in [0.717, 1.165) is 6.07 Å². The standard InChI is InChI=1S/C21H25F2N3O4S2/c1-2-29-20(28)8-15-12-31-21(25-15)32-13-19(27)24-9-16-11-26(5-6-30-16)10-14-3-4-17(22)18(23)7-14/h3-4,7,12,16H,2,5-6,8-11,13H2,1H3,(H,24,27). The molecule has 2 aromatic rings. The van der Waals surface area contributed by atoms with Crippen molar-refractivity contribution >= 4 is 35.0 Å². The number of hydrogen-bond donors (Lipinski definition) is 1. The molecule has 1 aliphatic heterocycles. The van der Waals surface area contributed by atoms with Crippen LogP contribution in [0.2, 0.25) is 0 Å². The van der Waals surface area contributed by atoms with Crippen molar-refractivity contribution in [2.45, 2.75) is 30.3 Å². The number of nitrogens with zero attached hydrogens (tertiary/aromatic N) is 2. The van der Waals surface area contributed by atoms with Crippen LogP contribution in [0.15, 0.2) is 27.9 Å². The normalized spacial score (nSPS) is 16.7. The summed E-state index contributed by atoms with van der Waals surface area (Å²) in [5.74, 6) is -1.97. The second kappa shape index (κ2) is 12.2. The van der Waals surface area contributed by atoms with Crippen LogP contribution in [0.25, 0.3) is 0 Å². The number of thiazole rings is 1. The summed E-state index contributed by atoms with van der Waals surface area (Å²) in [6.07, 6.45) is -0.0592. The molecule has 174 valence electrons. The van der Waals surface area contributed by atoms with Gasteiger partial charge in [-0.05, 0) is 24.6 Å². The molecule has 1 aromatic heterocycles. The Morgan fingerprint density at radius 1 is 1.38 bits per heavy atom. The quantitative estimate of drug-likeness (QED) is 0.409. The minimum absolute atomic E-state index is 0.122. The number of carbonyl (C=O) groups is 2. The predicted octanol–water partition coefficient (Wildman–Crippen LogP) is 2.64. The van der Waals surface area contributed by atoms with Crippen LogP contribution in [-0.2, 0) is 32.0 Å². The predicted molar refractivity (Wildman–Crippen MR) is 118 cm³/mol. The first-order valence-corrected chi connectivity index (χ1v) is 12.1. The molecule has 1 aromatic carbocycles. The number of halogens is 2. The van der Waals surface area contributed by atoms with Gasteiger partial charge in [0.15, 0.2) is 16.0 Å². The first-order chi connectivity index (χ1) is 15.4. The SMILES string of the molecule is CCOC(=O)Cc1csc(SCC(=O)NCC2CN(Cc3ccc(F)c(F)c3)CCO2)n1. The topological polar surface area (TPSA) is 80.8 Å². The van der Waals surface area contributed by atoms with E-state index in [2.05, 4.69) is 15.2 Å². The number of ether oxygens (including phenoxy) is 2. The molecular formula is C21H25F2N3O4S2. The van der Waals surface area contributed by atoms with E-state index < -0.39 is 11.6 Å². The average Bonchev–Trinajstić information content (AvgIpc) is 3.21. The van der Waals surface area contributed by atoms with Gasteiger partial charge in [0.2, 0.25) is 5.91 Å². The summed E-state index contributed by atoms with van der Waals surface area (Å²) < 4.78 is 37.8. The Kier molecular flexibility index (Phi) is 9.39. The van der Waals surface area contributed by atoms with Crippen molar-refractivity contribution in [2.24, 2.45) is 0 Å². The number of thioether (sulfide) groups is 1. The molecule has 7 nitrogen and oxygen atoms in total. The highest BCUT2D eigenvalue weighted by atomic mass is 32.2. The Hall–Kier alpha value is -2.08. The highest BCUT2D eigenvalue weighted by Crippen LogP contribution is 2.23. The van der Waals surface area contributed by atoms with E-state index in [9.17, 15) is 18.4 Å². The van der Waals surface area contributed by atoms with Crippen molar-refractivity contribution in [2.75, 3.05) is 38.6 Å². The van der Waals surface area contributed by atoms with Crippen LogP contribution in [0.1, 0.15) is 18.2 Å². The summed E-state index contributed by atoms with van der Waals surface area (Å²) in [4.78, 5) is 30.1. The number of amides is 1. The van der Waals surface area contributed by atoms with Gasteiger partial charge < -0.3 is 14.8 Å². The largest absolute Gasteiger partial charge is 0.466 e. The third-order valence-electron chi connectivity index (χ3n) is 4.63. The summed E-state index contributed by atoms with van der Waals surface area (Å²) in [5.41, 5.74) is 1.32. The van der Waals surface area contributed by atoms with Gasteiger partial charge in [-0.3, -0.25) is 14.5 Å². The van der Waals surface area contributed by atoms with Crippen LogP contribution in [0.5, 0.6) is 0 Å². The number of benzene rings is 1. The molecule has 32 heavy (non-hydrogen) atoms. The number of nitrogens with one attached hydrogen (secondary N) is 1. The lowest BCUT2D eigenvalue weighted by atomic mass is 10.1. The number of hydrogen-bond acceptors (Lipinski definition) is 8. The summed E-state index contributed by atoms with van der Waals surface area (Å²) >= 11 is 2.69. The van der Waals surface area contributed by atoms with Gasteiger partial charge in [-0.2, -0.15) is 0 Å². The summed E-state index contributed by atoms with van der Waals surface area (Å²) in [6.45, 7) is 4.69. The Balaban J connectivity index is 1.37. The van der Waals surface area contributed by atoms with Gasteiger partial charge in [-0.15, -0.1) is 11.3 Å². The molecular weight excluding hydrogens is 460 g/mol. The van der Waals surface area contributed by atoms with Gasteiger partial charge in [0, 0.05) is 31.6 Å². The lowest BCUT2D eigenvalue weighted by Gasteiger charge is -2.33. The lowest BCUT2D eigenvalue weighted by Crippen LogP contribution is -2.47. The molecule has 0 radical (unpaired) electrons. The van der Waals surface area contributed by atoms with E-state index in [1.807, 2.05) is 0 Å². The molecule has 0 spiro atoms. The molecule has 1 fully saturated rings. The van der Waals surface area contributed by atoms with E-state index in [1.165, 1.54) is 29.2 Å². The van der Waals surface area contributed by atoms with E-state index in [-0.39, 0.29) is 30.2 Å². The number of aromatic nitrogens is 1. The molecule has 1 amide bonds. The van der Waals surface area contributed by atoms with Crippen molar-refractivity contribution in [1.29, 1.82) is 0 Å². The van der Waals surface area contributed by atoms with E-state index >= 15 is 0 Å². The third kappa shape index (κ3) is 7.80. The van der Waals surface area contributed by atoms with Crippen molar-refractivity contribution in [3.63, 3.8) is 0 Å². The second-order valence-electron chi connectivity index (χ2n) is 7.16. The lowest BCUT2D eigenvalue weighted by molar-refractivity contribution is -0.142. The maximum absolute atomic E-state index is 13.4. The molecule has 11 heteroatoms. The van der Waals surface area contributed by atoms with Gasteiger partial charge >= 0.3 is 5.97 Å². The summed E-state index contributed by atoms with van der Waals surface area (Å²) in [7, 11) is 0. The van der Waals surface area contributed by atoms with Crippen molar-refractivity contribution < 1.29 is 27.8 Å². The fourth-order valence-corrected chi connectivity index (χ4v) is 4.82. The first kappa shape index (κ1) is 24.6. The molecule has 1 saturated heterocycles. The highest BCUT2D eigenvalue weighted by molar-refractivity contribution is 8.01. The third-order valence-corrected chi connectivity index (χ3v) is 6.70. The number of esters is 1. The maximum Gasteiger partial charge on any atom is 0.311 e. The second-order valence-corrected chi connectivity index (χ2v) is 9.24. The molecule has 1 unspecified atom stereocenters. The molecule has 1 aliphatic rings. The monoisotopic (exact) mass is 485 g/mol. The zero-order valence-corrected chi connectivity index (χ0v) is 19.3. The van der Waals surface area contributed by atoms with Crippen molar-refractivity contribution in [3.05, 3.63) is 46.5 Å². The zero-order chi connectivity index (χ0) is 22.9. The van der Waals surface area contributed by atoms with E-state index in [1.54, 1.807) is 18.4 Å². The van der Waals surface area contributed by atoms with Crippen LogP contribution in [0.3, 0.4) is 0 Å². The Morgan fingerprint density at radius 2 is 2.22 bits per heavy atom. The number of carbonyl (C=O) groups excluding carboxylic acids is 2. The van der Waals surface area contributed by atoms with Crippen LogP contribution in [0.4, 0.5) is 8.78 Å². The molecule has 2 heterocycles. The zero-order valence-electron chi connectivity index (χ0n) is 17.6. The molecule has 0 aliphatic carbocycles. The van der Waals surface area contributed by atoms with Crippen LogP contribution in [-0.4, -0.2) is 66.5 Å². The van der Waals surface area contributed by atoms with E-state index in [0.29, 0.717) is 55.0 Å². The molecule has 1 N–H and O–H groups in total.